The van der Waals surface area contributed by atoms with Crippen molar-refractivity contribution in [2.75, 3.05) is 18.1 Å². The number of aliphatic hydroxyl groups is 1. The van der Waals surface area contributed by atoms with Crippen LogP contribution in [0.1, 0.15) is 79.1 Å². The van der Waals surface area contributed by atoms with Gasteiger partial charge in [0, 0.05) is 42.6 Å². The van der Waals surface area contributed by atoms with Crippen LogP contribution in [0.25, 0.3) is 0 Å². The van der Waals surface area contributed by atoms with Gasteiger partial charge in [-0.15, -0.1) is 6.58 Å². The standard InChI is InChI=1S/C33H58N6O5S/c1-11-14-45-19-27(35-29(41)12-13-39-25(10)17-24(9)38-39)32(43)36-26(15-20(2)3)28(40)16-23(8)31(42)37-30(22(6)7)33(44)34-18-21(4)5/h11,17,20-23,26-28,30,40H,1,12-16,18-19H2,2-10H3,(H,34,44)(H,35,41)(H,36,43)(H,37,42)/t23-,26+,27+,28+,30+/m1/s1. The molecular weight excluding hydrogens is 592 g/mol. The normalized spacial score (nSPS) is 14.9. The fraction of sp³-hybridized carbons (Fsp3) is 0.727. The topological polar surface area (TPSA) is 154 Å². The summed E-state index contributed by atoms with van der Waals surface area (Å²) in [5.41, 5.74) is 1.83. The SMILES string of the molecule is C=CCSC[C@H](NC(=O)CCn1nc(C)cc1C)C(=O)N[C@@H](CC(C)C)[C@@H](O)C[C@@H](C)C(=O)N[C@H](C(=O)NCC(C)C)C(C)C. The molecule has 256 valence electrons. The molecule has 0 aromatic carbocycles. The second-order valence-corrected chi connectivity index (χ2v) is 14.2. The van der Waals surface area contributed by atoms with Crippen LogP contribution >= 0.6 is 11.8 Å². The monoisotopic (exact) mass is 650 g/mol. The zero-order chi connectivity index (χ0) is 34.3. The fourth-order valence-electron chi connectivity index (χ4n) is 4.81. The summed E-state index contributed by atoms with van der Waals surface area (Å²) < 4.78 is 1.77. The number of aryl methyl sites for hydroxylation is 3. The molecule has 0 saturated heterocycles. The van der Waals surface area contributed by atoms with Crippen molar-refractivity contribution >= 4 is 35.4 Å². The first-order valence-corrected chi connectivity index (χ1v) is 17.3. The van der Waals surface area contributed by atoms with Crippen molar-refractivity contribution < 1.29 is 24.3 Å². The summed E-state index contributed by atoms with van der Waals surface area (Å²) in [6.45, 7) is 21.9. The molecule has 4 amide bonds. The summed E-state index contributed by atoms with van der Waals surface area (Å²) in [7, 11) is 0. The molecule has 12 heteroatoms. The highest BCUT2D eigenvalue weighted by atomic mass is 32.2. The van der Waals surface area contributed by atoms with Gasteiger partial charge in [-0.05, 0) is 50.5 Å². The first kappa shape index (κ1) is 40.2. The molecule has 1 heterocycles. The van der Waals surface area contributed by atoms with Crippen molar-refractivity contribution in [3.63, 3.8) is 0 Å². The fourth-order valence-corrected chi connectivity index (χ4v) is 5.58. The van der Waals surface area contributed by atoms with Gasteiger partial charge < -0.3 is 26.4 Å². The Morgan fingerprint density at radius 1 is 0.956 bits per heavy atom. The van der Waals surface area contributed by atoms with E-state index in [1.54, 1.807) is 17.7 Å². The molecule has 0 aliphatic carbocycles. The van der Waals surface area contributed by atoms with Crippen LogP contribution in [-0.2, 0) is 25.7 Å². The van der Waals surface area contributed by atoms with E-state index in [0.717, 1.165) is 11.4 Å². The van der Waals surface area contributed by atoms with Crippen LogP contribution in [-0.4, -0.2) is 80.8 Å². The summed E-state index contributed by atoms with van der Waals surface area (Å²) in [5.74, 6) is -0.594. The third-order valence-corrected chi connectivity index (χ3v) is 8.36. The Labute approximate surface area is 274 Å². The maximum atomic E-state index is 13.5. The number of carbonyl (C=O) groups excluding carboxylic acids is 4. The molecule has 1 rings (SSSR count). The lowest BCUT2D eigenvalue weighted by atomic mass is 9.91. The van der Waals surface area contributed by atoms with Gasteiger partial charge in [0.05, 0.1) is 17.8 Å². The van der Waals surface area contributed by atoms with Gasteiger partial charge in [0.15, 0.2) is 0 Å². The van der Waals surface area contributed by atoms with Gasteiger partial charge in [0.2, 0.25) is 23.6 Å². The third-order valence-electron chi connectivity index (χ3n) is 7.32. The summed E-state index contributed by atoms with van der Waals surface area (Å²) in [5, 5.41) is 27.2. The average Bonchev–Trinajstić information content (AvgIpc) is 3.28. The van der Waals surface area contributed by atoms with E-state index in [1.165, 1.54) is 11.8 Å². The number of carbonyl (C=O) groups is 4. The van der Waals surface area contributed by atoms with Crippen LogP contribution in [0, 0.1) is 37.5 Å². The minimum absolute atomic E-state index is 0.0901. The summed E-state index contributed by atoms with van der Waals surface area (Å²) in [6, 6.07) is -0.207. The van der Waals surface area contributed by atoms with Crippen LogP contribution in [0.5, 0.6) is 0 Å². The van der Waals surface area contributed by atoms with Crippen molar-refractivity contribution in [1.82, 2.24) is 31.0 Å². The number of rotatable bonds is 21. The molecule has 0 saturated carbocycles. The smallest absolute Gasteiger partial charge is 0.243 e. The first-order chi connectivity index (χ1) is 21.0. The highest BCUT2D eigenvalue weighted by Gasteiger charge is 2.31. The largest absolute Gasteiger partial charge is 0.391 e. The average molecular weight is 651 g/mol. The Morgan fingerprint density at radius 3 is 2.16 bits per heavy atom. The minimum atomic E-state index is -1.02. The van der Waals surface area contributed by atoms with Crippen LogP contribution in [0.3, 0.4) is 0 Å². The van der Waals surface area contributed by atoms with Gasteiger partial charge in [-0.2, -0.15) is 16.9 Å². The van der Waals surface area contributed by atoms with Crippen molar-refractivity contribution in [3.8, 4) is 0 Å². The molecule has 45 heavy (non-hydrogen) atoms. The molecule has 0 aliphatic rings. The Hall–Kier alpha value is -2.86. The third kappa shape index (κ3) is 15.3. The molecule has 0 aliphatic heterocycles. The highest BCUT2D eigenvalue weighted by molar-refractivity contribution is 7.99. The molecule has 1 aromatic rings. The van der Waals surface area contributed by atoms with E-state index in [-0.39, 0.29) is 48.3 Å². The maximum Gasteiger partial charge on any atom is 0.243 e. The first-order valence-electron chi connectivity index (χ1n) is 16.1. The molecule has 11 nitrogen and oxygen atoms in total. The molecule has 0 radical (unpaired) electrons. The molecule has 0 fully saturated rings. The quantitative estimate of drug-likeness (QED) is 0.101. The van der Waals surface area contributed by atoms with E-state index >= 15 is 0 Å². The number of aromatic nitrogens is 2. The zero-order valence-electron chi connectivity index (χ0n) is 28.8. The second kappa shape index (κ2) is 20.3. The van der Waals surface area contributed by atoms with Crippen LogP contribution < -0.4 is 21.3 Å². The lowest BCUT2D eigenvalue weighted by Gasteiger charge is -2.30. The predicted molar refractivity (Wildman–Crippen MR) is 182 cm³/mol. The summed E-state index contributed by atoms with van der Waals surface area (Å²) in [6.07, 6.45) is 1.45. The van der Waals surface area contributed by atoms with Gasteiger partial charge in [-0.3, -0.25) is 23.9 Å². The number of thioether (sulfide) groups is 1. The maximum absolute atomic E-state index is 13.5. The highest BCUT2D eigenvalue weighted by Crippen LogP contribution is 2.17. The van der Waals surface area contributed by atoms with Gasteiger partial charge >= 0.3 is 0 Å². The van der Waals surface area contributed by atoms with E-state index in [2.05, 4.69) is 32.9 Å². The number of amides is 4. The molecule has 0 unspecified atom stereocenters. The van der Waals surface area contributed by atoms with Crippen molar-refractivity contribution in [2.45, 2.75) is 112 Å². The Kier molecular flexibility index (Phi) is 18.1. The van der Waals surface area contributed by atoms with E-state index < -0.39 is 36.1 Å². The molecule has 1 aromatic heterocycles. The lowest BCUT2D eigenvalue weighted by molar-refractivity contribution is -0.132. The predicted octanol–water partition coefficient (Wildman–Crippen LogP) is 3.13. The Balaban J connectivity index is 2.93. The van der Waals surface area contributed by atoms with Gasteiger partial charge in [-0.1, -0.05) is 54.5 Å². The van der Waals surface area contributed by atoms with Gasteiger partial charge in [0.1, 0.15) is 12.1 Å². The van der Waals surface area contributed by atoms with E-state index in [4.69, 9.17) is 0 Å². The Morgan fingerprint density at radius 2 is 1.62 bits per heavy atom. The molecule has 0 spiro atoms. The van der Waals surface area contributed by atoms with Crippen LogP contribution in [0.4, 0.5) is 0 Å². The van der Waals surface area contributed by atoms with Crippen molar-refractivity contribution in [2.24, 2.45) is 23.7 Å². The lowest BCUT2D eigenvalue weighted by Crippen LogP contribution is -2.55. The molecule has 0 bridgehead atoms. The second-order valence-electron chi connectivity index (χ2n) is 13.2. The molecular formula is C33H58N6O5S. The van der Waals surface area contributed by atoms with E-state index in [1.807, 2.05) is 61.5 Å². The van der Waals surface area contributed by atoms with Crippen molar-refractivity contribution in [3.05, 3.63) is 30.1 Å². The molecule has 5 N–H and O–H groups in total. The van der Waals surface area contributed by atoms with E-state index in [9.17, 15) is 24.3 Å². The zero-order valence-corrected chi connectivity index (χ0v) is 29.6. The minimum Gasteiger partial charge on any atom is -0.391 e. The van der Waals surface area contributed by atoms with Gasteiger partial charge in [-0.25, -0.2) is 0 Å². The van der Waals surface area contributed by atoms with Crippen LogP contribution in [0.15, 0.2) is 18.7 Å². The van der Waals surface area contributed by atoms with E-state index in [0.29, 0.717) is 31.0 Å². The number of nitrogens with zero attached hydrogens (tertiary/aromatic N) is 2. The summed E-state index contributed by atoms with van der Waals surface area (Å²) >= 11 is 1.47. The number of hydrogen-bond donors (Lipinski definition) is 5. The van der Waals surface area contributed by atoms with Crippen molar-refractivity contribution in [1.29, 1.82) is 0 Å². The van der Waals surface area contributed by atoms with Crippen LogP contribution in [0.2, 0.25) is 0 Å². The number of hydrogen-bond acceptors (Lipinski definition) is 7. The number of aliphatic hydroxyl groups excluding tert-OH is 1. The number of nitrogens with one attached hydrogen (secondary N) is 4. The Bertz CT molecular complexity index is 1110. The molecule has 5 atom stereocenters. The van der Waals surface area contributed by atoms with Gasteiger partial charge in [0.25, 0.3) is 0 Å². The summed E-state index contributed by atoms with van der Waals surface area (Å²) in [4.78, 5) is 52.2.